The molecule has 1 heterocycles. The third-order valence-electron chi connectivity index (χ3n) is 1.87. The number of nitrogens with two attached hydrogens (primary N) is 2. The van der Waals surface area contributed by atoms with Crippen LogP contribution >= 0.6 is 0 Å². The van der Waals surface area contributed by atoms with E-state index >= 15 is 0 Å². The Bertz CT molecular complexity index is 144. The summed E-state index contributed by atoms with van der Waals surface area (Å²) in [5, 5.41) is 0. The summed E-state index contributed by atoms with van der Waals surface area (Å²) >= 11 is 0. The molecular weight excluding hydrogens is 128 g/mol. The Balaban J connectivity index is 2.56. The first-order chi connectivity index (χ1) is 4.72. The molecule has 0 spiro atoms. The Morgan fingerprint density at radius 2 is 2.20 bits per heavy atom. The molecule has 1 aliphatic heterocycles. The highest BCUT2D eigenvalue weighted by molar-refractivity contribution is 5.11. The maximum absolute atomic E-state index is 5.39. The van der Waals surface area contributed by atoms with Crippen molar-refractivity contribution in [3.8, 4) is 0 Å². The van der Waals surface area contributed by atoms with Gasteiger partial charge < -0.3 is 16.2 Å². The van der Waals surface area contributed by atoms with Crippen LogP contribution in [0.15, 0.2) is 11.4 Å². The highest BCUT2D eigenvalue weighted by Gasteiger charge is 2.18. The Labute approximate surface area is 61.0 Å². The largest absolute Gasteiger partial charge is 0.386 e. The third kappa shape index (κ3) is 1.42. The average molecular weight is 142 g/mol. The number of rotatable bonds is 1. The topological polar surface area (TPSA) is 61.3 Å². The van der Waals surface area contributed by atoms with Crippen LogP contribution in [0.3, 0.4) is 0 Å². The zero-order valence-corrected chi connectivity index (χ0v) is 6.26. The lowest BCUT2D eigenvalue weighted by Crippen LogP contribution is -2.18. The van der Waals surface area contributed by atoms with Gasteiger partial charge in [-0.15, -0.1) is 0 Å². The molecule has 58 valence electrons. The minimum atomic E-state index is 0.185. The molecule has 0 aromatic heterocycles. The van der Waals surface area contributed by atoms with E-state index in [4.69, 9.17) is 16.2 Å². The van der Waals surface area contributed by atoms with Gasteiger partial charge in [-0.1, -0.05) is 0 Å². The second-order valence-electron chi connectivity index (χ2n) is 2.64. The Hall–Kier alpha value is -0.700. The summed E-state index contributed by atoms with van der Waals surface area (Å²) < 4.78 is 5.36. The van der Waals surface area contributed by atoms with E-state index in [9.17, 15) is 0 Å². The Morgan fingerprint density at radius 3 is 2.60 bits per heavy atom. The second-order valence-corrected chi connectivity index (χ2v) is 2.64. The minimum absolute atomic E-state index is 0.185. The minimum Gasteiger partial charge on any atom is -0.386 e. The van der Waals surface area contributed by atoms with E-state index in [0.29, 0.717) is 5.82 Å². The van der Waals surface area contributed by atoms with Gasteiger partial charge in [0.25, 0.3) is 0 Å². The van der Waals surface area contributed by atoms with Gasteiger partial charge in [0.15, 0.2) is 0 Å². The molecule has 1 unspecified atom stereocenters. The highest BCUT2D eigenvalue weighted by Crippen LogP contribution is 2.19. The molecule has 1 atom stereocenters. The third-order valence-corrected chi connectivity index (χ3v) is 1.87. The summed E-state index contributed by atoms with van der Waals surface area (Å²) in [4.78, 5) is 0. The maximum Gasteiger partial charge on any atom is 0.0948 e. The van der Waals surface area contributed by atoms with Gasteiger partial charge in [0.1, 0.15) is 0 Å². The SMILES string of the molecule is CC(=C(N)N)C1CCCO1. The second kappa shape index (κ2) is 2.92. The predicted molar refractivity (Wildman–Crippen MR) is 40.0 cm³/mol. The van der Waals surface area contributed by atoms with Crippen LogP contribution in [-0.4, -0.2) is 12.7 Å². The molecule has 1 rings (SSSR count). The summed E-state index contributed by atoms with van der Waals surface area (Å²) in [7, 11) is 0. The lowest BCUT2D eigenvalue weighted by Gasteiger charge is -2.10. The van der Waals surface area contributed by atoms with Gasteiger partial charge >= 0.3 is 0 Å². The maximum atomic E-state index is 5.39. The van der Waals surface area contributed by atoms with Gasteiger partial charge in [0.05, 0.1) is 11.9 Å². The monoisotopic (exact) mass is 142 g/mol. The quantitative estimate of drug-likeness (QED) is 0.554. The molecule has 10 heavy (non-hydrogen) atoms. The molecule has 0 bridgehead atoms. The first-order valence-corrected chi connectivity index (χ1v) is 3.55. The van der Waals surface area contributed by atoms with E-state index in [2.05, 4.69) is 0 Å². The molecule has 4 N–H and O–H groups in total. The number of ether oxygens (including phenoxy) is 1. The smallest absolute Gasteiger partial charge is 0.0948 e. The Morgan fingerprint density at radius 1 is 1.50 bits per heavy atom. The van der Waals surface area contributed by atoms with Crippen LogP contribution in [0.1, 0.15) is 19.8 Å². The van der Waals surface area contributed by atoms with E-state index in [-0.39, 0.29) is 6.10 Å². The van der Waals surface area contributed by atoms with Crippen molar-refractivity contribution < 1.29 is 4.74 Å². The normalized spacial score (nSPS) is 24.7. The molecule has 0 radical (unpaired) electrons. The molecule has 3 heteroatoms. The van der Waals surface area contributed by atoms with Crippen molar-refractivity contribution in [1.29, 1.82) is 0 Å². The van der Waals surface area contributed by atoms with E-state index in [1.807, 2.05) is 6.92 Å². The van der Waals surface area contributed by atoms with Gasteiger partial charge in [-0.05, 0) is 25.3 Å². The van der Waals surface area contributed by atoms with E-state index in [0.717, 1.165) is 25.0 Å². The fourth-order valence-electron chi connectivity index (χ4n) is 1.11. The highest BCUT2D eigenvalue weighted by atomic mass is 16.5. The van der Waals surface area contributed by atoms with Crippen LogP contribution in [0.5, 0.6) is 0 Å². The summed E-state index contributed by atoms with van der Waals surface area (Å²) in [6.07, 6.45) is 2.36. The lowest BCUT2D eigenvalue weighted by molar-refractivity contribution is 0.136. The first kappa shape index (κ1) is 7.41. The predicted octanol–water partition coefficient (Wildman–Crippen LogP) is 0.314. The molecule has 0 aliphatic carbocycles. The van der Waals surface area contributed by atoms with Crippen LogP contribution < -0.4 is 11.5 Å². The zero-order valence-electron chi connectivity index (χ0n) is 6.26. The lowest BCUT2D eigenvalue weighted by atomic mass is 10.1. The van der Waals surface area contributed by atoms with Crippen molar-refractivity contribution in [3.05, 3.63) is 11.4 Å². The van der Waals surface area contributed by atoms with Crippen molar-refractivity contribution in [2.45, 2.75) is 25.9 Å². The molecule has 0 saturated carbocycles. The fraction of sp³-hybridized carbons (Fsp3) is 0.714. The van der Waals surface area contributed by atoms with Crippen LogP contribution in [-0.2, 0) is 4.74 Å². The molecular formula is C7H14N2O. The van der Waals surface area contributed by atoms with Crippen LogP contribution in [0.25, 0.3) is 0 Å². The summed E-state index contributed by atoms with van der Waals surface area (Å²) in [6.45, 7) is 2.76. The van der Waals surface area contributed by atoms with E-state index in [1.54, 1.807) is 0 Å². The van der Waals surface area contributed by atoms with Gasteiger partial charge in [-0.3, -0.25) is 0 Å². The van der Waals surface area contributed by atoms with Crippen molar-refractivity contribution in [2.24, 2.45) is 11.5 Å². The first-order valence-electron chi connectivity index (χ1n) is 3.55. The molecule has 1 aliphatic rings. The Kier molecular flexibility index (Phi) is 2.17. The molecule has 3 nitrogen and oxygen atoms in total. The molecule has 0 amide bonds. The summed E-state index contributed by atoms with van der Waals surface area (Å²) in [5.41, 5.74) is 11.8. The molecule has 0 aromatic carbocycles. The zero-order chi connectivity index (χ0) is 7.56. The van der Waals surface area contributed by atoms with Gasteiger partial charge in [-0.2, -0.15) is 0 Å². The van der Waals surface area contributed by atoms with Crippen LogP contribution in [0.2, 0.25) is 0 Å². The van der Waals surface area contributed by atoms with Gasteiger partial charge in [-0.25, -0.2) is 0 Å². The van der Waals surface area contributed by atoms with Crippen molar-refractivity contribution in [1.82, 2.24) is 0 Å². The average Bonchev–Trinajstić information content (AvgIpc) is 2.36. The van der Waals surface area contributed by atoms with Gasteiger partial charge in [0, 0.05) is 6.61 Å². The standard InChI is InChI=1S/C7H14N2O/c1-5(7(8)9)6-3-2-4-10-6/h6H,2-4,8-9H2,1H3. The summed E-state index contributed by atoms with van der Waals surface area (Å²) in [6, 6.07) is 0. The molecule has 1 saturated heterocycles. The van der Waals surface area contributed by atoms with Crippen LogP contribution in [0.4, 0.5) is 0 Å². The summed E-state index contributed by atoms with van der Waals surface area (Å²) in [5.74, 6) is 0.409. The van der Waals surface area contributed by atoms with Crippen molar-refractivity contribution >= 4 is 0 Å². The molecule has 1 fully saturated rings. The number of hydrogen-bond donors (Lipinski definition) is 2. The van der Waals surface area contributed by atoms with Gasteiger partial charge in [0.2, 0.25) is 0 Å². The fourth-order valence-corrected chi connectivity index (χ4v) is 1.11. The van der Waals surface area contributed by atoms with Crippen molar-refractivity contribution in [3.63, 3.8) is 0 Å². The van der Waals surface area contributed by atoms with E-state index in [1.165, 1.54) is 0 Å². The van der Waals surface area contributed by atoms with Crippen molar-refractivity contribution in [2.75, 3.05) is 6.61 Å². The van der Waals surface area contributed by atoms with Crippen LogP contribution in [0, 0.1) is 0 Å². The number of hydrogen-bond acceptors (Lipinski definition) is 3. The molecule has 0 aromatic rings. The van der Waals surface area contributed by atoms with E-state index < -0.39 is 0 Å².